The smallest absolute Gasteiger partial charge is 0.0511 e. The fraction of sp³-hybridized carbons (Fsp3) is 0.571. The van der Waals surface area contributed by atoms with Crippen molar-refractivity contribution in [3.05, 3.63) is 34.9 Å². The second kappa shape index (κ2) is 5.20. The maximum Gasteiger partial charge on any atom is 0.0511 e. The molecule has 0 saturated carbocycles. The lowest BCUT2D eigenvalue weighted by atomic mass is 9.92. The highest BCUT2D eigenvalue weighted by Gasteiger charge is 2.23. The van der Waals surface area contributed by atoms with Crippen molar-refractivity contribution in [3.63, 3.8) is 0 Å². The van der Waals surface area contributed by atoms with Gasteiger partial charge in [0.1, 0.15) is 0 Å². The number of rotatable bonds is 2. The number of ether oxygens (including phenoxy) is 1. The number of benzene rings is 1. The summed E-state index contributed by atoms with van der Waals surface area (Å²) in [5.41, 5.74) is 4.09. The van der Waals surface area contributed by atoms with E-state index in [4.69, 9.17) is 16.3 Å². The molecule has 0 bridgehead atoms. The van der Waals surface area contributed by atoms with Crippen LogP contribution >= 0.6 is 11.6 Å². The van der Waals surface area contributed by atoms with Crippen LogP contribution in [0.25, 0.3) is 0 Å². The molecular weight excluding hydrogens is 220 g/mol. The Kier molecular flexibility index (Phi) is 3.88. The number of hydrogen-bond donors (Lipinski definition) is 0. The monoisotopic (exact) mass is 238 g/mol. The van der Waals surface area contributed by atoms with Crippen molar-refractivity contribution in [3.8, 4) is 0 Å². The van der Waals surface area contributed by atoms with Gasteiger partial charge in [0, 0.05) is 17.9 Å². The maximum atomic E-state index is 6.32. The molecule has 16 heavy (non-hydrogen) atoms. The van der Waals surface area contributed by atoms with E-state index in [1.165, 1.54) is 16.7 Å². The Morgan fingerprint density at radius 2 is 2.12 bits per heavy atom. The van der Waals surface area contributed by atoms with Gasteiger partial charge in [-0.1, -0.05) is 18.2 Å². The summed E-state index contributed by atoms with van der Waals surface area (Å²) < 4.78 is 5.49. The molecule has 0 amide bonds. The second-order valence-electron chi connectivity index (χ2n) is 4.76. The van der Waals surface area contributed by atoms with Crippen LogP contribution in [0.3, 0.4) is 0 Å². The topological polar surface area (TPSA) is 9.23 Å². The first-order valence-electron chi connectivity index (χ1n) is 5.95. The van der Waals surface area contributed by atoms with E-state index in [-0.39, 0.29) is 5.38 Å². The van der Waals surface area contributed by atoms with Crippen molar-refractivity contribution in [2.75, 3.05) is 13.2 Å². The van der Waals surface area contributed by atoms with Gasteiger partial charge in [-0.05, 0) is 43.4 Å². The molecule has 0 N–H and O–H groups in total. The molecule has 2 atom stereocenters. The average Bonchev–Trinajstić information content (AvgIpc) is 2.27. The van der Waals surface area contributed by atoms with Crippen molar-refractivity contribution in [1.29, 1.82) is 0 Å². The molecule has 1 heterocycles. The van der Waals surface area contributed by atoms with Crippen LogP contribution in [0.4, 0.5) is 0 Å². The molecule has 1 nitrogen and oxygen atoms in total. The van der Waals surface area contributed by atoms with E-state index < -0.39 is 0 Å². The van der Waals surface area contributed by atoms with Gasteiger partial charge in [-0.15, -0.1) is 11.6 Å². The zero-order valence-electron chi connectivity index (χ0n) is 10.0. The molecule has 1 aliphatic rings. The molecule has 1 aliphatic heterocycles. The normalized spacial score (nSPS) is 25.7. The highest BCUT2D eigenvalue weighted by Crippen LogP contribution is 2.24. The lowest BCUT2D eigenvalue weighted by molar-refractivity contribution is 0.0578. The summed E-state index contributed by atoms with van der Waals surface area (Å²) in [5.74, 6) is 0.470. The van der Waals surface area contributed by atoms with E-state index in [9.17, 15) is 0 Å². The van der Waals surface area contributed by atoms with Crippen molar-refractivity contribution >= 4 is 11.6 Å². The van der Waals surface area contributed by atoms with Gasteiger partial charge in [-0.25, -0.2) is 0 Å². The number of halogens is 1. The zero-order valence-corrected chi connectivity index (χ0v) is 10.8. The highest BCUT2D eigenvalue weighted by atomic mass is 35.5. The molecule has 2 heteroatoms. The van der Waals surface area contributed by atoms with Crippen LogP contribution < -0.4 is 0 Å². The molecule has 0 radical (unpaired) electrons. The summed E-state index contributed by atoms with van der Waals surface area (Å²) in [7, 11) is 0. The van der Waals surface area contributed by atoms with E-state index in [0.717, 1.165) is 26.1 Å². The van der Waals surface area contributed by atoms with Crippen LogP contribution in [0.5, 0.6) is 0 Å². The SMILES string of the molecule is Cc1ccc(CC2COCCC2Cl)cc1C. The first-order chi connectivity index (χ1) is 7.66. The Morgan fingerprint density at radius 3 is 2.81 bits per heavy atom. The predicted molar refractivity (Wildman–Crippen MR) is 68.2 cm³/mol. The van der Waals surface area contributed by atoms with E-state index in [0.29, 0.717) is 5.92 Å². The van der Waals surface area contributed by atoms with Crippen molar-refractivity contribution in [1.82, 2.24) is 0 Å². The van der Waals surface area contributed by atoms with Gasteiger partial charge in [0.2, 0.25) is 0 Å². The minimum Gasteiger partial charge on any atom is -0.381 e. The fourth-order valence-corrected chi connectivity index (χ4v) is 2.44. The molecule has 2 rings (SSSR count). The fourth-order valence-electron chi connectivity index (χ4n) is 2.19. The third-order valence-electron chi connectivity index (χ3n) is 3.45. The van der Waals surface area contributed by atoms with Crippen molar-refractivity contribution in [2.45, 2.75) is 32.1 Å². The van der Waals surface area contributed by atoms with Crippen LogP contribution in [0.15, 0.2) is 18.2 Å². The number of hydrogen-bond acceptors (Lipinski definition) is 1. The van der Waals surface area contributed by atoms with E-state index in [1.54, 1.807) is 0 Å². The molecule has 1 aromatic rings. The molecule has 0 aliphatic carbocycles. The van der Waals surface area contributed by atoms with Crippen molar-refractivity contribution in [2.24, 2.45) is 5.92 Å². The van der Waals surface area contributed by atoms with Crippen LogP contribution in [0.2, 0.25) is 0 Å². The third kappa shape index (κ3) is 2.78. The zero-order chi connectivity index (χ0) is 11.5. The first kappa shape index (κ1) is 11.9. The lowest BCUT2D eigenvalue weighted by Gasteiger charge is -2.27. The molecule has 1 aromatic carbocycles. The van der Waals surface area contributed by atoms with Crippen molar-refractivity contribution < 1.29 is 4.74 Å². The Labute approximate surface area is 103 Å². The van der Waals surface area contributed by atoms with Gasteiger partial charge in [0.25, 0.3) is 0 Å². The minimum atomic E-state index is 0.273. The largest absolute Gasteiger partial charge is 0.381 e. The van der Waals surface area contributed by atoms with Gasteiger partial charge < -0.3 is 4.74 Å². The van der Waals surface area contributed by atoms with Gasteiger partial charge in [0.15, 0.2) is 0 Å². The van der Waals surface area contributed by atoms with E-state index in [1.807, 2.05) is 0 Å². The summed E-state index contributed by atoms with van der Waals surface area (Å²) >= 11 is 6.32. The van der Waals surface area contributed by atoms with Gasteiger partial charge in [-0.2, -0.15) is 0 Å². The predicted octanol–water partition coefficient (Wildman–Crippen LogP) is 3.49. The molecule has 0 spiro atoms. The van der Waals surface area contributed by atoms with E-state index >= 15 is 0 Å². The Bertz CT molecular complexity index is 362. The summed E-state index contributed by atoms with van der Waals surface area (Å²) in [6, 6.07) is 6.67. The quantitative estimate of drug-likeness (QED) is 0.717. The Balaban J connectivity index is 2.05. The summed E-state index contributed by atoms with van der Waals surface area (Å²) in [6.07, 6.45) is 2.02. The van der Waals surface area contributed by atoms with Gasteiger partial charge in [-0.3, -0.25) is 0 Å². The molecule has 1 fully saturated rings. The van der Waals surface area contributed by atoms with Gasteiger partial charge >= 0.3 is 0 Å². The summed E-state index contributed by atoms with van der Waals surface area (Å²) in [5, 5.41) is 0.273. The Morgan fingerprint density at radius 1 is 1.31 bits per heavy atom. The van der Waals surface area contributed by atoms with Crippen LogP contribution in [0, 0.1) is 19.8 Å². The molecule has 1 saturated heterocycles. The summed E-state index contributed by atoms with van der Waals surface area (Å²) in [4.78, 5) is 0. The number of alkyl halides is 1. The first-order valence-corrected chi connectivity index (χ1v) is 6.38. The van der Waals surface area contributed by atoms with Gasteiger partial charge in [0.05, 0.1) is 6.61 Å². The standard InChI is InChI=1S/C14H19ClO/c1-10-3-4-12(7-11(10)2)8-13-9-16-6-5-14(13)15/h3-4,7,13-14H,5-6,8-9H2,1-2H3. The second-order valence-corrected chi connectivity index (χ2v) is 5.32. The van der Waals surface area contributed by atoms with Crippen LogP contribution in [0.1, 0.15) is 23.1 Å². The minimum absolute atomic E-state index is 0.273. The summed E-state index contributed by atoms with van der Waals surface area (Å²) in [6.45, 7) is 5.93. The molecule has 0 aromatic heterocycles. The average molecular weight is 239 g/mol. The molecule has 88 valence electrons. The number of aryl methyl sites for hydroxylation is 2. The third-order valence-corrected chi connectivity index (χ3v) is 4.03. The van der Waals surface area contributed by atoms with E-state index in [2.05, 4.69) is 32.0 Å². The molecular formula is C14H19ClO. The Hall–Kier alpha value is -0.530. The highest BCUT2D eigenvalue weighted by molar-refractivity contribution is 6.20. The van der Waals surface area contributed by atoms with Crippen LogP contribution in [-0.4, -0.2) is 18.6 Å². The molecule has 2 unspecified atom stereocenters. The van der Waals surface area contributed by atoms with Crippen LogP contribution in [-0.2, 0) is 11.2 Å². The lowest BCUT2D eigenvalue weighted by Crippen LogP contribution is -2.29. The maximum absolute atomic E-state index is 6.32.